The third kappa shape index (κ3) is 4.15. The summed E-state index contributed by atoms with van der Waals surface area (Å²) in [6.07, 6.45) is 0.437. The molecule has 0 atom stereocenters. The molecular formula is C13H17NO3S. The van der Waals surface area contributed by atoms with Gasteiger partial charge in [0.2, 0.25) is 0 Å². The van der Waals surface area contributed by atoms with E-state index in [0.29, 0.717) is 24.4 Å². The molecule has 0 spiro atoms. The van der Waals surface area contributed by atoms with E-state index in [1.165, 1.54) is 11.3 Å². The van der Waals surface area contributed by atoms with Crippen LogP contribution in [0.25, 0.3) is 0 Å². The summed E-state index contributed by atoms with van der Waals surface area (Å²) in [7, 11) is 0. The number of hydrogen-bond acceptors (Lipinski definition) is 4. The lowest BCUT2D eigenvalue weighted by molar-refractivity contribution is 0.0737. The predicted molar refractivity (Wildman–Crippen MR) is 71.6 cm³/mol. The van der Waals surface area contributed by atoms with E-state index in [2.05, 4.69) is 11.8 Å². The number of hydrogen-bond donors (Lipinski definition) is 2. The van der Waals surface area contributed by atoms with E-state index in [4.69, 9.17) is 10.2 Å². The highest BCUT2D eigenvalue weighted by Gasteiger charge is 2.15. The van der Waals surface area contributed by atoms with Crippen LogP contribution in [0.4, 0.5) is 0 Å². The van der Waals surface area contributed by atoms with Crippen LogP contribution in [0.5, 0.6) is 0 Å². The van der Waals surface area contributed by atoms with Crippen molar-refractivity contribution >= 4 is 17.2 Å². The number of aliphatic hydroxyl groups is 2. The first kappa shape index (κ1) is 14.7. The molecular weight excluding hydrogens is 250 g/mol. The van der Waals surface area contributed by atoms with Gasteiger partial charge in [-0.1, -0.05) is 11.8 Å². The maximum absolute atomic E-state index is 12.0. The summed E-state index contributed by atoms with van der Waals surface area (Å²) in [4.78, 5) is 15.1. The molecule has 0 saturated carbocycles. The van der Waals surface area contributed by atoms with E-state index in [0.717, 1.165) is 4.88 Å². The van der Waals surface area contributed by atoms with Gasteiger partial charge >= 0.3 is 0 Å². The summed E-state index contributed by atoms with van der Waals surface area (Å²) in [6, 6.07) is 3.55. The van der Waals surface area contributed by atoms with Crippen molar-refractivity contribution in [2.45, 2.75) is 13.3 Å². The Labute approximate surface area is 111 Å². The number of rotatable bonds is 5. The third-order valence-corrected chi connectivity index (χ3v) is 3.29. The van der Waals surface area contributed by atoms with Crippen LogP contribution in [0.2, 0.25) is 0 Å². The number of aliphatic hydroxyl groups excluding tert-OH is 2. The normalized spacial score (nSPS) is 9.72. The molecule has 98 valence electrons. The lowest BCUT2D eigenvalue weighted by Crippen LogP contribution is -2.32. The standard InChI is InChI=1S/C13H17NO3S/c1-2-14(8-10-16)13(17)12-7-6-11(18-12)5-3-4-9-15/h6-7,15-16H,2,4,8-10H2,1H3. The Morgan fingerprint density at radius 1 is 1.39 bits per heavy atom. The molecule has 0 aliphatic carbocycles. The van der Waals surface area contributed by atoms with Gasteiger partial charge in [-0.15, -0.1) is 11.3 Å². The van der Waals surface area contributed by atoms with Crippen molar-refractivity contribution in [1.82, 2.24) is 4.90 Å². The van der Waals surface area contributed by atoms with E-state index in [1.807, 2.05) is 6.92 Å². The van der Waals surface area contributed by atoms with Gasteiger partial charge in [-0.05, 0) is 19.1 Å². The van der Waals surface area contributed by atoms with Gasteiger partial charge in [-0.25, -0.2) is 0 Å². The van der Waals surface area contributed by atoms with Gasteiger partial charge < -0.3 is 15.1 Å². The number of likely N-dealkylation sites (N-methyl/N-ethyl adjacent to an activating group) is 1. The third-order valence-electron chi connectivity index (χ3n) is 2.30. The Kier molecular flexibility index (Phi) is 6.44. The minimum atomic E-state index is -0.0771. The van der Waals surface area contributed by atoms with Crippen LogP contribution in [0.15, 0.2) is 12.1 Å². The molecule has 0 aliphatic rings. The lowest BCUT2D eigenvalue weighted by atomic mass is 10.3. The van der Waals surface area contributed by atoms with Crippen molar-refractivity contribution in [2.24, 2.45) is 0 Å². The first-order valence-corrected chi connectivity index (χ1v) is 6.64. The Bertz CT molecular complexity index is 445. The first-order valence-electron chi connectivity index (χ1n) is 5.82. The molecule has 0 unspecified atom stereocenters. The van der Waals surface area contributed by atoms with Gasteiger partial charge in [-0.3, -0.25) is 4.79 Å². The second kappa shape index (κ2) is 7.88. The minimum Gasteiger partial charge on any atom is -0.395 e. The zero-order chi connectivity index (χ0) is 13.4. The number of carbonyl (C=O) groups is 1. The van der Waals surface area contributed by atoms with E-state index in [-0.39, 0.29) is 19.1 Å². The molecule has 18 heavy (non-hydrogen) atoms. The zero-order valence-electron chi connectivity index (χ0n) is 10.3. The molecule has 0 radical (unpaired) electrons. The number of nitrogens with zero attached hydrogens (tertiary/aromatic N) is 1. The lowest BCUT2D eigenvalue weighted by Gasteiger charge is -2.18. The van der Waals surface area contributed by atoms with E-state index >= 15 is 0 Å². The summed E-state index contributed by atoms with van der Waals surface area (Å²) in [6.45, 7) is 2.81. The monoisotopic (exact) mass is 267 g/mol. The highest BCUT2D eigenvalue weighted by molar-refractivity contribution is 7.14. The Morgan fingerprint density at radius 2 is 2.17 bits per heavy atom. The molecule has 2 N–H and O–H groups in total. The number of thiophene rings is 1. The van der Waals surface area contributed by atoms with Crippen LogP contribution < -0.4 is 0 Å². The molecule has 0 fully saturated rings. The summed E-state index contributed by atoms with van der Waals surface area (Å²) in [5.74, 6) is 5.64. The summed E-state index contributed by atoms with van der Waals surface area (Å²) in [5.41, 5.74) is 0. The summed E-state index contributed by atoms with van der Waals surface area (Å²) >= 11 is 1.33. The molecule has 1 heterocycles. The van der Waals surface area contributed by atoms with Gasteiger partial charge in [0, 0.05) is 19.5 Å². The highest BCUT2D eigenvalue weighted by atomic mass is 32.1. The first-order chi connectivity index (χ1) is 8.72. The molecule has 0 saturated heterocycles. The second-order valence-corrected chi connectivity index (χ2v) is 4.63. The summed E-state index contributed by atoms with van der Waals surface area (Å²) < 4.78 is 0. The molecule has 5 heteroatoms. The topological polar surface area (TPSA) is 60.8 Å². The minimum absolute atomic E-state index is 0.0336. The molecule has 1 aromatic heterocycles. The quantitative estimate of drug-likeness (QED) is 0.780. The van der Waals surface area contributed by atoms with Crippen molar-refractivity contribution in [2.75, 3.05) is 26.3 Å². The zero-order valence-corrected chi connectivity index (χ0v) is 11.2. The average Bonchev–Trinajstić information content (AvgIpc) is 2.84. The molecule has 0 aromatic carbocycles. The molecule has 1 rings (SSSR count). The SMILES string of the molecule is CCN(CCO)C(=O)c1ccc(C#CCCO)s1. The molecule has 0 bridgehead atoms. The fraction of sp³-hybridized carbons (Fsp3) is 0.462. The number of amides is 1. The van der Waals surface area contributed by atoms with Crippen molar-refractivity contribution in [3.63, 3.8) is 0 Å². The number of carbonyl (C=O) groups excluding carboxylic acids is 1. The van der Waals surface area contributed by atoms with Crippen molar-refractivity contribution in [1.29, 1.82) is 0 Å². The fourth-order valence-electron chi connectivity index (χ4n) is 1.41. The fourth-order valence-corrected chi connectivity index (χ4v) is 2.25. The predicted octanol–water partition coefficient (Wildman–Crippen LogP) is 0.936. The van der Waals surface area contributed by atoms with Crippen molar-refractivity contribution in [3.05, 3.63) is 21.9 Å². The summed E-state index contributed by atoms with van der Waals surface area (Å²) in [5, 5.41) is 17.5. The highest BCUT2D eigenvalue weighted by Crippen LogP contribution is 2.17. The van der Waals surface area contributed by atoms with Gasteiger partial charge in [0.1, 0.15) is 0 Å². The second-order valence-electron chi connectivity index (χ2n) is 3.55. The van der Waals surface area contributed by atoms with Crippen LogP contribution in [-0.4, -0.2) is 47.3 Å². The van der Waals surface area contributed by atoms with E-state index in [9.17, 15) is 4.79 Å². The van der Waals surface area contributed by atoms with Crippen LogP contribution in [0.3, 0.4) is 0 Å². The maximum atomic E-state index is 12.0. The van der Waals surface area contributed by atoms with Crippen molar-refractivity contribution in [3.8, 4) is 11.8 Å². The maximum Gasteiger partial charge on any atom is 0.264 e. The van der Waals surface area contributed by atoms with E-state index < -0.39 is 0 Å². The van der Waals surface area contributed by atoms with Crippen LogP contribution in [0.1, 0.15) is 27.9 Å². The van der Waals surface area contributed by atoms with Crippen LogP contribution >= 0.6 is 11.3 Å². The van der Waals surface area contributed by atoms with Gasteiger partial charge in [0.15, 0.2) is 0 Å². The smallest absolute Gasteiger partial charge is 0.264 e. The van der Waals surface area contributed by atoms with Crippen molar-refractivity contribution < 1.29 is 15.0 Å². The molecule has 0 aliphatic heterocycles. The Morgan fingerprint density at radius 3 is 2.78 bits per heavy atom. The van der Waals surface area contributed by atoms with Gasteiger partial charge in [0.25, 0.3) is 5.91 Å². The molecule has 4 nitrogen and oxygen atoms in total. The Hall–Kier alpha value is -1.35. The molecule has 1 amide bonds. The van der Waals surface area contributed by atoms with Crippen LogP contribution in [0, 0.1) is 11.8 Å². The Balaban J connectivity index is 2.73. The van der Waals surface area contributed by atoms with Gasteiger partial charge in [0.05, 0.1) is 23.0 Å². The largest absolute Gasteiger partial charge is 0.395 e. The molecule has 1 aromatic rings. The average molecular weight is 267 g/mol. The van der Waals surface area contributed by atoms with Crippen LogP contribution in [-0.2, 0) is 0 Å². The van der Waals surface area contributed by atoms with E-state index in [1.54, 1.807) is 17.0 Å². The van der Waals surface area contributed by atoms with Gasteiger partial charge in [-0.2, -0.15) is 0 Å².